The molecule has 0 saturated carbocycles. The zero-order valence-corrected chi connectivity index (χ0v) is 12.9. The fraction of sp³-hybridized carbons (Fsp3) is 0.400. The molecule has 7 nitrogen and oxygen atoms in total. The minimum absolute atomic E-state index is 0.0985. The standard InChI is InChI=1S/C15H20N4O3/c1-10(9-20)19(3)15(21)16-11(2)13-17-14(22-18-13)12-7-5-4-6-8-12/h4-8,10-11,20H,9H2,1-3H3,(H,16,21). The summed E-state index contributed by atoms with van der Waals surface area (Å²) in [4.78, 5) is 17.7. The Kier molecular flexibility index (Phi) is 5.11. The molecule has 118 valence electrons. The average molecular weight is 304 g/mol. The summed E-state index contributed by atoms with van der Waals surface area (Å²) in [7, 11) is 1.62. The van der Waals surface area contributed by atoms with Crippen molar-refractivity contribution in [3.63, 3.8) is 0 Å². The van der Waals surface area contributed by atoms with Gasteiger partial charge in [-0.1, -0.05) is 23.4 Å². The van der Waals surface area contributed by atoms with Crippen molar-refractivity contribution in [2.24, 2.45) is 0 Å². The van der Waals surface area contributed by atoms with Crippen LogP contribution in [0.1, 0.15) is 25.7 Å². The summed E-state index contributed by atoms with van der Waals surface area (Å²) in [5.74, 6) is 0.811. The highest BCUT2D eigenvalue weighted by atomic mass is 16.5. The van der Waals surface area contributed by atoms with E-state index < -0.39 is 6.04 Å². The third-order valence-corrected chi connectivity index (χ3v) is 3.44. The topological polar surface area (TPSA) is 91.5 Å². The third kappa shape index (κ3) is 3.62. The van der Waals surface area contributed by atoms with Gasteiger partial charge in [-0.25, -0.2) is 4.79 Å². The number of aromatic nitrogens is 2. The van der Waals surface area contributed by atoms with Crippen LogP contribution in [0.25, 0.3) is 11.5 Å². The summed E-state index contributed by atoms with van der Waals surface area (Å²) in [5, 5.41) is 15.7. The molecule has 2 aromatic rings. The van der Waals surface area contributed by atoms with Gasteiger partial charge in [0.15, 0.2) is 5.82 Å². The van der Waals surface area contributed by atoms with Gasteiger partial charge in [0, 0.05) is 12.6 Å². The lowest BCUT2D eigenvalue weighted by Gasteiger charge is -2.24. The molecule has 0 aliphatic carbocycles. The second kappa shape index (κ2) is 7.04. The predicted octanol–water partition coefficient (Wildman–Crippen LogP) is 1.82. The monoisotopic (exact) mass is 304 g/mol. The number of urea groups is 1. The summed E-state index contributed by atoms with van der Waals surface area (Å²) >= 11 is 0. The van der Waals surface area contributed by atoms with E-state index in [-0.39, 0.29) is 18.7 Å². The number of hydrogen-bond acceptors (Lipinski definition) is 5. The maximum Gasteiger partial charge on any atom is 0.318 e. The molecule has 2 unspecified atom stereocenters. The van der Waals surface area contributed by atoms with Crippen molar-refractivity contribution < 1.29 is 14.4 Å². The van der Waals surface area contributed by atoms with Crippen LogP contribution in [0.4, 0.5) is 4.79 Å². The maximum absolute atomic E-state index is 12.0. The number of amides is 2. The molecule has 7 heteroatoms. The number of carbonyl (C=O) groups is 1. The molecule has 0 bridgehead atoms. The van der Waals surface area contributed by atoms with Gasteiger partial charge in [-0.3, -0.25) is 0 Å². The fourth-order valence-electron chi connectivity index (χ4n) is 1.78. The molecule has 1 aromatic heterocycles. The number of likely N-dealkylation sites (N-methyl/N-ethyl adjacent to an activating group) is 1. The molecule has 0 aliphatic heterocycles. The second-order valence-electron chi connectivity index (χ2n) is 5.14. The SMILES string of the molecule is CC(NC(=O)N(C)C(C)CO)c1noc(-c2ccccc2)n1. The van der Waals surface area contributed by atoms with E-state index in [9.17, 15) is 4.79 Å². The largest absolute Gasteiger partial charge is 0.394 e. The van der Waals surface area contributed by atoms with E-state index in [0.29, 0.717) is 11.7 Å². The summed E-state index contributed by atoms with van der Waals surface area (Å²) < 4.78 is 5.22. The third-order valence-electron chi connectivity index (χ3n) is 3.44. The van der Waals surface area contributed by atoms with Crippen LogP contribution in [0.15, 0.2) is 34.9 Å². The van der Waals surface area contributed by atoms with Crippen molar-refractivity contribution in [1.82, 2.24) is 20.4 Å². The highest BCUT2D eigenvalue weighted by Crippen LogP contribution is 2.18. The number of nitrogens with one attached hydrogen (secondary N) is 1. The van der Waals surface area contributed by atoms with Crippen LogP contribution < -0.4 is 5.32 Å². The Bertz CT molecular complexity index is 614. The Labute approximate surface area is 128 Å². The zero-order chi connectivity index (χ0) is 16.1. The molecule has 2 rings (SSSR count). The molecule has 0 fully saturated rings. The lowest BCUT2D eigenvalue weighted by atomic mass is 10.2. The highest BCUT2D eigenvalue weighted by molar-refractivity contribution is 5.74. The zero-order valence-electron chi connectivity index (χ0n) is 12.9. The van der Waals surface area contributed by atoms with Crippen LogP contribution in [-0.2, 0) is 0 Å². The molecule has 2 amide bonds. The Morgan fingerprint density at radius 2 is 2.05 bits per heavy atom. The second-order valence-corrected chi connectivity index (χ2v) is 5.14. The fourth-order valence-corrected chi connectivity index (χ4v) is 1.78. The number of aliphatic hydroxyl groups is 1. The van der Waals surface area contributed by atoms with Crippen LogP contribution in [0.2, 0.25) is 0 Å². The van der Waals surface area contributed by atoms with Crippen LogP contribution in [-0.4, -0.2) is 45.9 Å². The van der Waals surface area contributed by atoms with Gasteiger partial charge >= 0.3 is 6.03 Å². The van der Waals surface area contributed by atoms with E-state index in [1.165, 1.54) is 4.90 Å². The van der Waals surface area contributed by atoms with Gasteiger partial charge in [0.25, 0.3) is 5.89 Å². The first-order chi connectivity index (χ1) is 10.5. The first-order valence-corrected chi connectivity index (χ1v) is 7.06. The molecule has 0 spiro atoms. The van der Waals surface area contributed by atoms with Crippen molar-refractivity contribution in [3.8, 4) is 11.5 Å². The van der Waals surface area contributed by atoms with Crippen LogP contribution in [0.3, 0.4) is 0 Å². The normalized spacial score (nSPS) is 13.5. The molecule has 2 atom stereocenters. The maximum atomic E-state index is 12.0. The van der Waals surface area contributed by atoms with Crippen LogP contribution in [0.5, 0.6) is 0 Å². The molecule has 1 aromatic carbocycles. The molecular formula is C15H20N4O3. The number of nitrogens with zero attached hydrogens (tertiary/aromatic N) is 3. The van der Waals surface area contributed by atoms with Crippen molar-refractivity contribution in [2.45, 2.75) is 25.9 Å². The molecule has 2 N–H and O–H groups in total. The minimum atomic E-state index is -0.401. The Balaban J connectivity index is 2.03. The van der Waals surface area contributed by atoms with Gasteiger partial charge < -0.3 is 19.8 Å². The van der Waals surface area contributed by atoms with E-state index in [1.807, 2.05) is 30.3 Å². The van der Waals surface area contributed by atoms with Gasteiger partial charge in [0.05, 0.1) is 18.7 Å². The number of hydrogen-bond donors (Lipinski definition) is 2. The van der Waals surface area contributed by atoms with Crippen molar-refractivity contribution in [1.29, 1.82) is 0 Å². The highest BCUT2D eigenvalue weighted by Gasteiger charge is 2.20. The first kappa shape index (κ1) is 16.0. The van der Waals surface area contributed by atoms with Gasteiger partial charge in [-0.15, -0.1) is 0 Å². The number of rotatable bonds is 5. The summed E-state index contributed by atoms with van der Waals surface area (Å²) in [6, 6.07) is 8.45. The van der Waals surface area contributed by atoms with Gasteiger partial charge in [-0.2, -0.15) is 4.98 Å². The van der Waals surface area contributed by atoms with E-state index >= 15 is 0 Å². The lowest BCUT2D eigenvalue weighted by molar-refractivity contribution is 0.155. The number of benzene rings is 1. The van der Waals surface area contributed by atoms with Crippen molar-refractivity contribution in [2.75, 3.05) is 13.7 Å². The number of carbonyl (C=O) groups excluding carboxylic acids is 1. The molecule has 0 saturated heterocycles. The molecule has 0 aliphatic rings. The minimum Gasteiger partial charge on any atom is -0.394 e. The summed E-state index contributed by atoms with van der Waals surface area (Å²) in [5.41, 5.74) is 0.825. The smallest absolute Gasteiger partial charge is 0.318 e. The van der Waals surface area contributed by atoms with E-state index in [4.69, 9.17) is 9.63 Å². The van der Waals surface area contributed by atoms with Crippen LogP contribution >= 0.6 is 0 Å². The molecule has 1 heterocycles. The van der Waals surface area contributed by atoms with Gasteiger partial charge in [-0.05, 0) is 26.0 Å². The Hall–Kier alpha value is -2.41. The average Bonchev–Trinajstić information content (AvgIpc) is 3.04. The predicted molar refractivity (Wildman–Crippen MR) is 81.0 cm³/mol. The molecule has 0 radical (unpaired) electrons. The summed E-state index contributed by atoms with van der Waals surface area (Å²) in [6.45, 7) is 3.43. The quantitative estimate of drug-likeness (QED) is 0.879. The lowest BCUT2D eigenvalue weighted by Crippen LogP contribution is -2.44. The first-order valence-electron chi connectivity index (χ1n) is 7.06. The molecular weight excluding hydrogens is 284 g/mol. The summed E-state index contributed by atoms with van der Waals surface area (Å²) in [6.07, 6.45) is 0. The van der Waals surface area contributed by atoms with Crippen LogP contribution in [0, 0.1) is 0 Å². The Morgan fingerprint density at radius 1 is 1.36 bits per heavy atom. The van der Waals surface area contributed by atoms with Crippen molar-refractivity contribution >= 4 is 6.03 Å². The molecule has 22 heavy (non-hydrogen) atoms. The Morgan fingerprint density at radius 3 is 2.68 bits per heavy atom. The van der Waals surface area contributed by atoms with E-state index in [0.717, 1.165) is 5.56 Å². The van der Waals surface area contributed by atoms with Gasteiger partial charge in [0.2, 0.25) is 0 Å². The van der Waals surface area contributed by atoms with E-state index in [1.54, 1.807) is 20.9 Å². The van der Waals surface area contributed by atoms with Gasteiger partial charge in [0.1, 0.15) is 0 Å². The van der Waals surface area contributed by atoms with Crippen molar-refractivity contribution in [3.05, 3.63) is 36.2 Å². The number of aliphatic hydroxyl groups excluding tert-OH is 1. The van der Waals surface area contributed by atoms with E-state index in [2.05, 4.69) is 15.5 Å².